The molecule has 3 N–H and O–H groups in total. The highest BCUT2D eigenvalue weighted by Crippen LogP contribution is 2.17. The van der Waals surface area contributed by atoms with E-state index in [0.29, 0.717) is 19.5 Å². The van der Waals surface area contributed by atoms with E-state index < -0.39 is 0 Å². The van der Waals surface area contributed by atoms with Crippen molar-refractivity contribution in [1.29, 1.82) is 0 Å². The van der Waals surface area contributed by atoms with Crippen molar-refractivity contribution in [3.63, 3.8) is 0 Å². The first-order valence-electron chi connectivity index (χ1n) is 5.64. The molecule has 1 aromatic rings. The van der Waals surface area contributed by atoms with E-state index >= 15 is 0 Å². The lowest BCUT2D eigenvalue weighted by Gasteiger charge is -2.21. The Kier molecular flexibility index (Phi) is 4.63. The fourth-order valence-corrected chi connectivity index (χ4v) is 1.42. The molecular formula is C13H19FN2O. The molecule has 0 bridgehead atoms. The number of hydrogen-bond acceptors (Lipinski definition) is 2. The molecule has 0 atom stereocenters. The van der Waals surface area contributed by atoms with Crippen LogP contribution in [0.25, 0.3) is 0 Å². The molecule has 0 aliphatic carbocycles. The fourth-order valence-electron chi connectivity index (χ4n) is 1.42. The summed E-state index contributed by atoms with van der Waals surface area (Å²) in [6.45, 7) is 4.68. The molecule has 0 unspecified atom stereocenters. The van der Waals surface area contributed by atoms with E-state index in [4.69, 9.17) is 5.73 Å². The minimum atomic E-state index is -0.293. The van der Waals surface area contributed by atoms with E-state index in [1.807, 2.05) is 13.8 Å². The van der Waals surface area contributed by atoms with Crippen molar-refractivity contribution in [2.45, 2.75) is 26.8 Å². The molecule has 0 saturated heterocycles. The van der Waals surface area contributed by atoms with E-state index in [9.17, 15) is 9.18 Å². The number of hydrogen-bond donors (Lipinski definition) is 2. The maximum absolute atomic E-state index is 12.9. The lowest BCUT2D eigenvalue weighted by atomic mass is 9.89. The van der Waals surface area contributed by atoms with E-state index in [0.717, 1.165) is 5.56 Å². The van der Waals surface area contributed by atoms with E-state index in [1.54, 1.807) is 12.1 Å². The van der Waals surface area contributed by atoms with Gasteiger partial charge in [-0.15, -0.1) is 0 Å². The van der Waals surface area contributed by atoms with E-state index in [-0.39, 0.29) is 17.1 Å². The SMILES string of the molecule is CC(C)(CN)CC(=O)NCc1cccc(F)c1. The Labute approximate surface area is 101 Å². The molecule has 0 aromatic heterocycles. The summed E-state index contributed by atoms with van der Waals surface area (Å²) in [5, 5.41) is 2.76. The van der Waals surface area contributed by atoms with Gasteiger partial charge in [0.1, 0.15) is 5.82 Å². The number of carbonyl (C=O) groups excluding carboxylic acids is 1. The third-order valence-corrected chi connectivity index (χ3v) is 2.57. The molecule has 0 spiro atoms. The van der Waals surface area contributed by atoms with Crippen molar-refractivity contribution in [1.82, 2.24) is 5.32 Å². The van der Waals surface area contributed by atoms with Crippen LogP contribution in [0.1, 0.15) is 25.8 Å². The molecule has 1 rings (SSSR count). The summed E-state index contributed by atoms with van der Waals surface area (Å²) in [7, 11) is 0. The number of benzene rings is 1. The minimum absolute atomic E-state index is 0.0651. The molecule has 0 aliphatic rings. The Morgan fingerprint density at radius 1 is 1.47 bits per heavy atom. The zero-order valence-corrected chi connectivity index (χ0v) is 10.3. The molecule has 1 aromatic carbocycles. The Balaban J connectivity index is 2.44. The fraction of sp³-hybridized carbons (Fsp3) is 0.462. The monoisotopic (exact) mass is 238 g/mol. The maximum Gasteiger partial charge on any atom is 0.220 e. The molecule has 1 amide bonds. The first-order chi connectivity index (χ1) is 7.93. The van der Waals surface area contributed by atoms with Crippen molar-refractivity contribution in [3.8, 4) is 0 Å². The Hall–Kier alpha value is -1.42. The number of amides is 1. The van der Waals surface area contributed by atoms with Gasteiger partial charge in [-0.2, -0.15) is 0 Å². The van der Waals surface area contributed by atoms with Gasteiger partial charge in [0, 0.05) is 13.0 Å². The largest absolute Gasteiger partial charge is 0.352 e. The summed E-state index contributed by atoms with van der Waals surface area (Å²) < 4.78 is 12.9. The highest BCUT2D eigenvalue weighted by atomic mass is 19.1. The second-order valence-electron chi connectivity index (χ2n) is 4.95. The van der Waals surface area contributed by atoms with Gasteiger partial charge in [0.05, 0.1) is 0 Å². The van der Waals surface area contributed by atoms with Gasteiger partial charge in [0.25, 0.3) is 0 Å². The van der Waals surface area contributed by atoms with Crippen LogP contribution in [0.15, 0.2) is 24.3 Å². The van der Waals surface area contributed by atoms with Crippen molar-refractivity contribution in [2.24, 2.45) is 11.1 Å². The zero-order valence-electron chi connectivity index (χ0n) is 10.3. The van der Waals surface area contributed by atoms with Gasteiger partial charge in [-0.05, 0) is 29.7 Å². The molecule has 0 saturated carbocycles. The Morgan fingerprint density at radius 2 is 2.18 bits per heavy atom. The maximum atomic E-state index is 12.9. The molecule has 0 radical (unpaired) electrons. The lowest BCUT2D eigenvalue weighted by molar-refractivity contribution is -0.123. The van der Waals surface area contributed by atoms with Crippen molar-refractivity contribution in [3.05, 3.63) is 35.6 Å². The number of carbonyl (C=O) groups is 1. The topological polar surface area (TPSA) is 55.1 Å². The normalized spacial score (nSPS) is 11.3. The number of rotatable bonds is 5. The molecule has 0 fully saturated rings. The molecule has 3 nitrogen and oxygen atoms in total. The van der Waals surface area contributed by atoms with Crippen molar-refractivity contribution in [2.75, 3.05) is 6.54 Å². The van der Waals surface area contributed by atoms with Gasteiger partial charge < -0.3 is 11.1 Å². The summed E-state index contributed by atoms with van der Waals surface area (Å²) in [6, 6.07) is 6.19. The third kappa shape index (κ3) is 4.95. The van der Waals surface area contributed by atoms with Crippen LogP contribution in [0.2, 0.25) is 0 Å². The van der Waals surface area contributed by atoms with Gasteiger partial charge >= 0.3 is 0 Å². The number of halogens is 1. The first-order valence-corrected chi connectivity index (χ1v) is 5.64. The second kappa shape index (κ2) is 5.77. The molecule has 0 heterocycles. The Morgan fingerprint density at radius 3 is 2.76 bits per heavy atom. The summed E-state index contributed by atoms with van der Waals surface area (Å²) >= 11 is 0. The summed E-state index contributed by atoms with van der Waals surface area (Å²) in [5.41, 5.74) is 6.10. The third-order valence-electron chi connectivity index (χ3n) is 2.57. The summed E-state index contributed by atoms with van der Waals surface area (Å²) in [5.74, 6) is -0.358. The molecular weight excluding hydrogens is 219 g/mol. The van der Waals surface area contributed by atoms with E-state index in [2.05, 4.69) is 5.32 Å². The highest BCUT2D eigenvalue weighted by Gasteiger charge is 2.19. The lowest BCUT2D eigenvalue weighted by Crippen LogP contribution is -2.32. The van der Waals surface area contributed by atoms with Crippen LogP contribution >= 0.6 is 0 Å². The molecule has 94 valence electrons. The standard InChI is InChI=1S/C13H19FN2O/c1-13(2,9-15)7-12(17)16-8-10-4-3-5-11(14)6-10/h3-6H,7-9,15H2,1-2H3,(H,16,17). The van der Waals surface area contributed by atoms with Crippen molar-refractivity contribution >= 4 is 5.91 Å². The van der Waals surface area contributed by atoms with Gasteiger partial charge in [-0.3, -0.25) is 4.79 Å². The quantitative estimate of drug-likeness (QED) is 0.822. The van der Waals surface area contributed by atoms with Crippen LogP contribution in [-0.4, -0.2) is 12.5 Å². The van der Waals surface area contributed by atoms with E-state index in [1.165, 1.54) is 12.1 Å². The highest BCUT2D eigenvalue weighted by molar-refractivity contribution is 5.76. The van der Waals surface area contributed by atoms with Gasteiger partial charge in [0.15, 0.2) is 0 Å². The van der Waals surface area contributed by atoms with Crippen molar-refractivity contribution < 1.29 is 9.18 Å². The number of nitrogens with two attached hydrogens (primary N) is 1. The second-order valence-corrected chi connectivity index (χ2v) is 4.95. The van der Waals surface area contributed by atoms with Gasteiger partial charge in [-0.1, -0.05) is 26.0 Å². The van der Waals surface area contributed by atoms with Crippen LogP contribution in [0.5, 0.6) is 0 Å². The summed E-state index contributed by atoms with van der Waals surface area (Å²) in [6.07, 6.45) is 0.374. The summed E-state index contributed by atoms with van der Waals surface area (Å²) in [4.78, 5) is 11.6. The van der Waals surface area contributed by atoms with Gasteiger partial charge in [-0.25, -0.2) is 4.39 Å². The minimum Gasteiger partial charge on any atom is -0.352 e. The zero-order chi connectivity index (χ0) is 12.9. The Bertz CT molecular complexity index is 391. The van der Waals surface area contributed by atoms with Crippen LogP contribution < -0.4 is 11.1 Å². The molecule has 17 heavy (non-hydrogen) atoms. The number of nitrogens with one attached hydrogen (secondary N) is 1. The first kappa shape index (κ1) is 13.6. The van der Waals surface area contributed by atoms with Crippen LogP contribution in [0.4, 0.5) is 4.39 Å². The smallest absolute Gasteiger partial charge is 0.220 e. The van der Waals surface area contributed by atoms with Gasteiger partial charge in [0.2, 0.25) is 5.91 Å². The average molecular weight is 238 g/mol. The van der Waals surface area contributed by atoms with Crippen LogP contribution in [-0.2, 0) is 11.3 Å². The molecule has 0 aliphatic heterocycles. The van der Waals surface area contributed by atoms with Crippen LogP contribution in [0.3, 0.4) is 0 Å². The predicted molar refractivity (Wildman–Crippen MR) is 65.7 cm³/mol. The average Bonchev–Trinajstić information content (AvgIpc) is 2.26. The molecule has 4 heteroatoms. The van der Waals surface area contributed by atoms with Crippen LogP contribution in [0, 0.1) is 11.2 Å². The predicted octanol–water partition coefficient (Wildman–Crippen LogP) is 1.82.